The molecule has 2 aromatic carbocycles. The van der Waals surface area contributed by atoms with Crippen molar-refractivity contribution < 1.29 is 17.6 Å². The molecule has 1 aliphatic rings. The van der Waals surface area contributed by atoms with Gasteiger partial charge in [-0.1, -0.05) is 6.92 Å². The molecule has 0 unspecified atom stereocenters. The van der Waals surface area contributed by atoms with Crippen LogP contribution in [-0.4, -0.2) is 48.8 Å². The molecule has 1 aromatic heterocycles. The summed E-state index contributed by atoms with van der Waals surface area (Å²) in [7, 11) is -3.21. The fraction of sp³-hybridized carbons (Fsp3) is 0.304. The Bertz CT molecular complexity index is 1180. The molecule has 0 spiro atoms. The lowest BCUT2D eigenvalue weighted by atomic mass is 10.0. The summed E-state index contributed by atoms with van der Waals surface area (Å²) >= 11 is 0. The largest absolute Gasteiger partial charge is 0.371 e. The molecule has 9 heteroatoms. The van der Waals surface area contributed by atoms with Gasteiger partial charge in [0.05, 0.1) is 23.2 Å². The second-order valence-corrected chi connectivity index (χ2v) is 10.0. The molecule has 1 fully saturated rings. The summed E-state index contributed by atoms with van der Waals surface area (Å²) < 4.78 is 38.8. The number of piperidine rings is 1. The van der Waals surface area contributed by atoms with Crippen molar-refractivity contribution in [2.24, 2.45) is 0 Å². The lowest BCUT2D eigenvalue weighted by Crippen LogP contribution is -2.45. The van der Waals surface area contributed by atoms with E-state index in [1.165, 1.54) is 24.7 Å². The van der Waals surface area contributed by atoms with Crippen LogP contribution in [-0.2, 0) is 9.84 Å². The number of benzene rings is 2. The van der Waals surface area contributed by atoms with Crippen LogP contribution in [0.4, 0.5) is 10.1 Å². The second kappa shape index (κ2) is 9.12. The van der Waals surface area contributed by atoms with E-state index in [0.717, 1.165) is 31.6 Å². The van der Waals surface area contributed by atoms with Gasteiger partial charge < -0.3 is 10.2 Å². The highest BCUT2D eigenvalue weighted by Crippen LogP contribution is 2.23. The van der Waals surface area contributed by atoms with Gasteiger partial charge >= 0.3 is 0 Å². The number of hydrogen-bond donors (Lipinski definition) is 1. The average molecular weight is 457 g/mol. The van der Waals surface area contributed by atoms with Gasteiger partial charge in [-0.15, -0.1) is 0 Å². The number of nitrogens with zero attached hydrogens (tertiary/aromatic N) is 3. The van der Waals surface area contributed by atoms with Crippen LogP contribution in [0.5, 0.6) is 0 Å². The van der Waals surface area contributed by atoms with E-state index in [-0.39, 0.29) is 23.5 Å². The van der Waals surface area contributed by atoms with Crippen molar-refractivity contribution >= 4 is 21.4 Å². The number of sulfone groups is 1. The Hall–Kier alpha value is -3.20. The third kappa shape index (κ3) is 4.67. The first-order chi connectivity index (χ1) is 15.4. The van der Waals surface area contributed by atoms with Crippen molar-refractivity contribution in [3.05, 3.63) is 72.6 Å². The average Bonchev–Trinajstić information content (AvgIpc) is 3.30. The molecule has 32 heavy (non-hydrogen) atoms. The fourth-order valence-corrected chi connectivity index (χ4v) is 4.73. The van der Waals surface area contributed by atoms with Gasteiger partial charge in [0.2, 0.25) is 0 Å². The number of hydrogen-bond acceptors (Lipinski definition) is 5. The van der Waals surface area contributed by atoms with Gasteiger partial charge in [0.25, 0.3) is 5.91 Å². The smallest absolute Gasteiger partial charge is 0.270 e. The summed E-state index contributed by atoms with van der Waals surface area (Å²) in [5.74, 6) is -0.482. The lowest BCUT2D eigenvalue weighted by Gasteiger charge is -2.34. The van der Waals surface area contributed by atoms with Gasteiger partial charge in [0.15, 0.2) is 9.84 Å². The molecule has 0 radical (unpaired) electrons. The van der Waals surface area contributed by atoms with Crippen molar-refractivity contribution in [3.8, 4) is 5.69 Å². The number of rotatable bonds is 6. The van der Waals surface area contributed by atoms with Crippen LogP contribution in [0.25, 0.3) is 5.69 Å². The van der Waals surface area contributed by atoms with Crippen molar-refractivity contribution in [3.63, 3.8) is 0 Å². The number of carbonyl (C=O) groups is 1. The van der Waals surface area contributed by atoms with Crippen molar-refractivity contribution in [1.82, 2.24) is 14.9 Å². The van der Waals surface area contributed by atoms with Gasteiger partial charge in [-0.3, -0.25) is 9.36 Å². The molecule has 0 aliphatic carbocycles. The van der Waals surface area contributed by atoms with Crippen molar-refractivity contribution in [2.75, 3.05) is 23.7 Å². The highest BCUT2D eigenvalue weighted by atomic mass is 32.2. The zero-order valence-corrected chi connectivity index (χ0v) is 18.6. The third-order valence-corrected chi connectivity index (χ3v) is 7.50. The van der Waals surface area contributed by atoms with Gasteiger partial charge in [-0.05, 0) is 61.4 Å². The molecule has 2 heterocycles. The standard InChI is InChI=1S/C23H25FN4O3S/c1-2-32(30,31)21-9-7-19(8-10-21)27-13-11-18(12-14-27)26-23(29)22-15-25-16-28(22)20-5-3-17(24)4-6-20/h3-10,15-16,18H,2,11-14H2,1H3,(H,26,29). The molecule has 4 rings (SSSR count). The Balaban J connectivity index is 1.36. The van der Waals surface area contributed by atoms with Crippen molar-refractivity contribution in [2.45, 2.75) is 30.7 Å². The number of amides is 1. The van der Waals surface area contributed by atoms with E-state index < -0.39 is 9.84 Å². The highest BCUT2D eigenvalue weighted by molar-refractivity contribution is 7.91. The van der Waals surface area contributed by atoms with Gasteiger partial charge in [-0.2, -0.15) is 0 Å². The van der Waals surface area contributed by atoms with E-state index in [1.54, 1.807) is 35.8 Å². The summed E-state index contributed by atoms with van der Waals surface area (Å²) in [6.07, 6.45) is 4.57. The Morgan fingerprint density at radius 2 is 1.69 bits per heavy atom. The van der Waals surface area contributed by atoms with Crippen LogP contribution in [0.1, 0.15) is 30.3 Å². The number of nitrogens with one attached hydrogen (secondary N) is 1. The molecule has 0 atom stereocenters. The number of aromatic nitrogens is 2. The topological polar surface area (TPSA) is 84.3 Å². The zero-order valence-electron chi connectivity index (χ0n) is 17.7. The van der Waals surface area contributed by atoms with Gasteiger partial charge in [0, 0.05) is 30.5 Å². The number of carbonyl (C=O) groups excluding carboxylic acids is 1. The first-order valence-corrected chi connectivity index (χ1v) is 12.2. The van der Waals surface area contributed by atoms with Gasteiger partial charge in [0.1, 0.15) is 11.5 Å². The second-order valence-electron chi connectivity index (χ2n) is 7.76. The van der Waals surface area contributed by atoms with Crippen LogP contribution < -0.4 is 10.2 Å². The first kappa shape index (κ1) is 22.0. The molecule has 1 N–H and O–H groups in total. The van der Waals surface area contributed by atoms with E-state index in [4.69, 9.17) is 0 Å². The Morgan fingerprint density at radius 1 is 1.06 bits per heavy atom. The molecule has 1 amide bonds. The minimum absolute atomic E-state index is 0.0232. The van der Waals surface area contributed by atoms with E-state index in [2.05, 4.69) is 15.2 Å². The number of anilines is 1. The van der Waals surface area contributed by atoms with Crippen LogP contribution in [0.15, 0.2) is 66.0 Å². The van der Waals surface area contributed by atoms with E-state index in [0.29, 0.717) is 16.3 Å². The highest BCUT2D eigenvalue weighted by Gasteiger charge is 2.23. The predicted octanol–water partition coefficient (Wildman–Crippen LogP) is 3.20. The molecule has 1 aliphatic heterocycles. The molecular weight excluding hydrogens is 431 g/mol. The molecular formula is C23H25FN4O3S. The van der Waals surface area contributed by atoms with Crippen LogP contribution >= 0.6 is 0 Å². The van der Waals surface area contributed by atoms with E-state index in [9.17, 15) is 17.6 Å². The molecule has 168 valence electrons. The molecule has 3 aromatic rings. The maximum atomic E-state index is 13.2. The van der Waals surface area contributed by atoms with E-state index >= 15 is 0 Å². The summed E-state index contributed by atoms with van der Waals surface area (Å²) in [6, 6.07) is 12.9. The normalized spacial score (nSPS) is 15.0. The Kier molecular flexibility index (Phi) is 6.27. The first-order valence-electron chi connectivity index (χ1n) is 10.5. The SMILES string of the molecule is CCS(=O)(=O)c1ccc(N2CCC(NC(=O)c3cncn3-c3ccc(F)cc3)CC2)cc1. The van der Waals surface area contributed by atoms with Crippen LogP contribution in [0.2, 0.25) is 0 Å². The fourth-order valence-electron chi connectivity index (χ4n) is 3.84. The number of halogens is 1. The quantitative estimate of drug-likeness (QED) is 0.616. The predicted molar refractivity (Wildman–Crippen MR) is 120 cm³/mol. The minimum atomic E-state index is -3.21. The van der Waals surface area contributed by atoms with E-state index in [1.807, 2.05) is 12.1 Å². The summed E-state index contributed by atoms with van der Waals surface area (Å²) in [6.45, 7) is 3.14. The molecule has 0 bridgehead atoms. The maximum Gasteiger partial charge on any atom is 0.270 e. The monoisotopic (exact) mass is 456 g/mol. The zero-order chi connectivity index (χ0) is 22.7. The third-order valence-electron chi connectivity index (χ3n) is 5.75. The van der Waals surface area contributed by atoms with Gasteiger partial charge in [-0.25, -0.2) is 17.8 Å². The molecule has 7 nitrogen and oxygen atoms in total. The van der Waals surface area contributed by atoms with Crippen LogP contribution in [0.3, 0.4) is 0 Å². The number of imidazole rings is 1. The van der Waals surface area contributed by atoms with Crippen LogP contribution in [0, 0.1) is 5.82 Å². The summed E-state index contributed by atoms with van der Waals surface area (Å²) in [5.41, 5.74) is 2.03. The van der Waals surface area contributed by atoms with Crippen molar-refractivity contribution in [1.29, 1.82) is 0 Å². The molecule has 0 saturated carbocycles. The summed E-state index contributed by atoms with van der Waals surface area (Å²) in [4.78, 5) is 19.4. The lowest BCUT2D eigenvalue weighted by molar-refractivity contribution is 0.0924. The Labute approximate surface area is 186 Å². The Morgan fingerprint density at radius 3 is 2.31 bits per heavy atom. The minimum Gasteiger partial charge on any atom is -0.371 e. The maximum absolute atomic E-state index is 13.2. The molecule has 1 saturated heterocycles. The summed E-state index contributed by atoms with van der Waals surface area (Å²) in [5, 5.41) is 3.07.